The minimum Gasteiger partial charge on any atom is -0.465 e. The van der Waals surface area contributed by atoms with Crippen LogP contribution in [0.4, 0.5) is 18.0 Å². The van der Waals surface area contributed by atoms with E-state index in [9.17, 15) is 22.8 Å². The van der Waals surface area contributed by atoms with Crippen molar-refractivity contribution in [3.63, 3.8) is 0 Å². The van der Waals surface area contributed by atoms with E-state index >= 15 is 0 Å². The van der Waals surface area contributed by atoms with Crippen molar-refractivity contribution >= 4 is 12.0 Å². The molecule has 190 valence electrons. The maximum absolute atomic E-state index is 12.7. The van der Waals surface area contributed by atoms with Crippen LogP contribution in [0.3, 0.4) is 0 Å². The number of primary amides is 1. The summed E-state index contributed by atoms with van der Waals surface area (Å²) < 4.78 is 46.9. The van der Waals surface area contributed by atoms with Crippen LogP contribution in [0.5, 0.6) is 5.75 Å². The maximum atomic E-state index is 12.7. The summed E-state index contributed by atoms with van der Waals surface area (Å²) in [6, 6.07) is 18.1. The highest BCUT2D eigenvalue weighted by molar-refractivity contribution is 5.89. The first-order chi connectivity index (χ1) is 16.8. The van der Waals surface area contributed by atoms with Crippen LogP contribution >= 0.6 is 0 Å². The Labute approximate surface area is 207 Å². The smallest absolute Gasteiger partial charge is 0.465 e. The summed E-state index contributed by atoms with van der Waals surface area (Å²) in [5.41, 5.74) is 6.93. The normalized spacial score (nSPS) is 13.4. The Morgan fingerprint density at radius 1 is 0.750 bits per heavy atom. The molecule has 0 aliphatic carbocycles. The molecule has 9 heteroatoms. The van der Waals surface area contributed by atoms with Crippen molar-refractivity contribution in [3.05, 3.63) is 101 Å². The van der Waals surface area contributed by atoms with Gasteiger partial charge in [-0.3, -0.25) is 0 Å². The summed E-state index contributed by atoms with van der Waals surface area (Å²) in [7, 11) is 1.26. The van der Waals surface area contributed by atoms with Crippen LogP contribution in [0.2, 0.25) is 0 Å². The Morgan fingerprint density at radius 3 is 1.56 bits per heavy atom. The third kappa shape index (κ3) is 5.79. The summed E-state index contributed by atoms with van der Waals surface area (Å²) in [5.74, 6) is -0.957. The van der Waals surface area contributed by atoms with E-state index in [-0.39, 0.29) is 11.0 Å². The summed E-state index contributed by atoms with van der Waals surface area (Å²) in [6.45, 7) is 6.17. The van der Waals surface area contributed by atoms with Gasteiger partial charge in [0, 0.05) is 0 Å². The average molecular weight is 501 g/mol. The van der Waals surface area contributed by atoms with Crippen molar-refractivity contribution < 1.29 is 32.2 Å². The number of urea groups is 1. The number of carbonyl (C=O) groups excluding carboxylic acids is 2. The highest BCUT2D eigenvalue weighted by Crippen LogP contribution is 2.39. The summed E-state index contributed by atoms with van der Waals surface area (Å²) in [6.07, 6.45) is -4.85. The number of benzene rings is 3. The quantitative estimate of drug-likeness (QED) is 0.339. The number of carbonyl (C=O) groups is 2. The number of hydrogen-bond donors (Lipinski definition) is 2. The molecule has 0 bridgehead atoms. The van der Waals surface area contributed by atoms with Gasteiger partial charge in [0.25, 0.3) is 0 Å². The number of nitrogens with two attached hydrogens (primary N) is 1. The molecule has 0 aliphatic rings. The van der Waals surface area contributed by atoms with Crippen molar-refractivity contribution in [1.29, 1.82) is 0 Å². The van der Waals surface area contributed by atoms with Gasteiger partial charge in [0.05, 0.1) is 12.7 Å². The molecule has 0 saturated heterocycles. The topological polar surface area (TPSA) is 90.6 Å². The Morgan fingerprint density at radius 2 is 1.17 bits per heavy atom. The van der Waals surface area contributed by atoms with Gasteiger partial charge < -0.3 is 20.5 Å². The van der Waals surface area contributed by atoms with Gasteiger partial charge in [-0.25, -0.2) is 9.59 Å². The monoisotopic (exact) mass is 500 g/mol. The van der Waals surface area contributed by atoms with Gasteiger partial charge in [-0.05, 0) is 51.9 Å². The van der Waals surface area contributed by atoms with Crippen LogP contribution < -0.4 is 15.8 Å². The Balaban J connectivity index is 2.25. The lowest BCUT2D eigenvalue weighted by Crippen LogP contribution is -2.50. The summed E-state index contributed by atoms with van der Waals surface area (Å²) in [5, 5.41) is 2.79. The van der Waals surface area contributed by atoms with Gasteiger partial charge in [0.1, 0.15) is 11.3 Å². The van der Waals surface area contributed by atoms with Crippen molar-refractivity contribution in [2.75, 3.05) is 7.11 Å². The second-order valence-corrected chi connectivity index (χ2v) is 9.21. The number of amides is 2. The van der Waals surface area contributed by atoms with E-state index in [4.69, 9.17) is 10.5 Å². The molecule has 0 fully saturated rings. The molecule has 0 radical (unpaired) electrons. The zero-order valence-corrected chi connectivity index (χ0v) is 20.3. The zero-order valence-electron chi connectivity index (χ0n) is 20.3. The van der Waals surface area contributed by atoms with Gasteiger partial charge >= 0.3 is 18.4 Å². The number of rotatable bonds is 6. The third-order valence-corrected chi connectivity index (χ3v) is 5.75. The molecule has 0 spiro atoms. The largest absolute Gasteiger partial charge is 0.573 e. The average Bonchev–Trinajstić information content (AvgIpc) is 2.81. The molecule has 0 aromatic heterocycles. The van der Waals surface area contributed by atoms with Crippen LogP contribution in [0.1, 0.15) is 53.4 Å². The lowest BCUT2D eigenvalue weighted by atomic mass is 9.75. The van der Waals surface area contributed by atoms with Gasteiger partial charge in [-0.1, -0.05) is 69.3 Å². The molecule has 6 nitrogen and oxygen atoms in total. The van der Waals surface area contributed by atoms with E-state index < -0.39 is 29.7 Å². The van der Waals surface area contributed by atoms with E-state index in [1.807, 2.05) is 24.3 Å². The first-order valence-electron chi connectivity index (χ1n) is 11.0. The number of ether oxygens (including phenoxy) is 2. The number of alkyl halides is 3. The fourth-order valence-corrected chi connectivity index (χ4v) is 4.00. The van der Waals surface area contributed by atoms with Crippen LogP contribution in [0.25, 0.3) is 0 Å². The molecular weight excluding hydrogens is 473 g/mol. The first kappa shape index (κ1) is 26.6. The number of esters is 1. The van der Waals surface area contributed by atoms with Crippen molar-refractivity contribution in [3.8, 4) is 5.75 Å². The van der Waals surface area contributed by atoms with Gasteiger partial charge in [-0.15, -0.1) is 13.2 Å². The number of hydrogen-bond acceptors (Lipinski definition) is 4. The predicted octanol–water partition coefficient (Wildman–Crippen LogP) is 5.63. The number of halogens is 3. The molecule has 2 amide bonds. The second kappa shape index (κ2) is 9.93. The Kier molecular flexibility index (Phi) is 7.33. The molecule has 3 rings (SSSR count). The van der Waals surface area contributed by atoms with Crippen molar-refractivity contribution in [1.82, 2.24) is 5.32 Å². The third-order valence-electron chi connectivity index (χ3n) is 5.75. The molecule has 0 heterocycles. The summed E-state index contributed by atoms with van der Waals surface area (Å²) >= 11 is 0. The minimum atomic E-state index is -4.85. The molecule has 1 atom stereocenters. The molecule has 3 aromatic rings. The minimum absolute atomic E-state index is 0.142. The lowest BCUT2D eigenvalue weighted by Gasteiger charge is -2.36. The molecule has 3 N–H and O–H groups in total. The van der Waals surface area contributed by atoms with Gasteiger partial charge in [0.2, 0.25) is 0 Å². The Hall–Kier alpha value is -4.01. The van der Waals surface area contributed by atoms with Gasteiger partial charge in [0.15, 0.2) is 0 Å². The van der Waals surface area contributed by atoms with E-state index in [1.54, 1.807) is 12.1 Å². The molecule has 36 heavy (non-hydrogen) atoms. The van der Waals surface area contributed by atoms with Crippen LogP contribution in [-0.4, -0.2) is 25.5 Å². The van der Waals surface area contributed by atoms with Crippen molar-refractivity contribution in [2.45, 2.75) is 38.1 Å². The van der Waals surface area contributed by atoms with Crippen LogP contribution in [-0.2, 0) is 15.7 Å². The lowest BCUT2D eigenvalue weighted by molar-refractivity contribution is -0.274. The van der Waals surface area contributed by atoms with E-state index in [0.29, 0.717) is 16.7 Å². The van der Waals surface area contributed by atoms with Crippen LogP contribution in [0.15, 0.2) is 72.8 Å². The molecule has 0 saturated carbocycles. The highest BCUT2D eigenvalue weighted by Gasteiger charge is 2.38. The highest BCUT2D eigenvalue weighted by atomic mass is 19.4. The van der Waals surface area contributed by atoms with E-state index in [2.05, 4.69) is 30.8 Å². The first-order valence-corrected chi connectivity index (χ1v) is 11.0. The molecule has 0 aliphatic heterocycles. The standard InChI is InChI=1S/C27H27F3N2O4/c1-25(2,3)18-9-11-20(12-10-18)26(32-24(31)34,19-7-5-17(6-8-19)23(33)35-4)21-13-15-22(16-14-21)36-27(28,29)30/h5-16H,1-4H3,(H3,31,32,34). The van der Waals surface area contributed by atoms with Crippen LogP contribution in [0, 0.1) is 0 Å². The van der Waals surface area contributed by atoms with Crippen molar-refractivity contribution in [2.24, 2.45) is 5.73 Å². The van der Waals surface area contributed by atoms with Gasteiger partial charge in [-0.2, -0.15) is 0 Å². The second-order valence-electron chi connectivity index (χ2n) is 9.21. The Bertz CT molecular complexity index is 1220. The number of nitrogens with one attached hydrogen (secondary N) is 1. The SMILES string of the molecule is COC(=O)c1ccc(C(NC(N)=O)(c2ccc(OC(F)(F)F)cc2)c2ccc(C(C)(C)C)cc2)cc1. The van der Waals surface area contributed by atoms with E-state index in [1.165, 1.54) is 31.4 Å². The zero-order chi connectivity index (χ0) is 26.7. The summed E-state index contributed by atoms with van der Waals surface area (Å²) in [4.78, 5) is 24.3. The predicted molar refractivity (Wildman–Crippen MR) is 129 cm³/mol. The van der Waals surface area contributed by atoms with E-state index in [0.717, 1.165) is 17.7 Å². The number of methoxy groups -OCH3 is 1. The molecule has 3 aromatic carbocycles. The molecule has 1 unspecified atom stereocenters. The maximum Gasteiger partial charge on any atom is 0.573 e. The fourth-order valence-electron chi connectivity index (χ4n) is 4.00. The molecular formula is C27H27F3N2O4. The fraction of sp³-hybridized carbons (Fsp3) is 0.259.